The zero-order valence-electron chi connectivity index (χ0n) is 10.1. The topological polar surface area (TPSA) is 72.6 Å². The molecule has 0 aliphatic rings. The Kier molecular flexibility index (Phi) is 4.92. The molecule has 2 N–H and O–H groups in total. The summed E-state index contributed by atoms with van der Waals surface area (Å²) in [5, 5.41) is 0. The summed E-state index contributed by atoms with van der Waals surface area (Å²) in [6, 6.07) is 6.36. The van der Waals surface area contributed by atoms with Crippen LogP contribution in [0.2, 0.25) is 0 Å². The molecule has 0 aliphatic carbocycles. The van der Waals surface area contributed by atoms with E-state index in [0.29, 0.717) is 25.4 Å². The van der Waals surface area contributed by atoms with Crippen LogP contribution in [-0.2, 0) is 10.0 Å². The quantitative estimate of drug-likeness (QED) is 0.813. The van der Waals surface area contributed by atoms with Gasteiger partial charge in [-0.15, -0.1) is 0 Å². The van der Waals surface area contributed by atoms with Crippen molar-refractivity contribution in [1.82, 2.24) is 4.31 Å². The predicted octanol–water partition coefficient (Wildman–Crippen LogP) is 0.664. The van der Waals surface area contributed by atoms with Gasteiger partial charge in [-0.3, -0.25) is 0 Å². The van der Waals surface area contributed by atoms with Gasteiger partial charge in [-0.1, -0.05) is 0 Å². The summed E-state index contributed by atoms with van der Waals surface area (Å²) >= 11 is 0. The van der Waals surface area contributed by atoms with Crippen molar-refractivity contribution in [2.75, 3.05) is 26.7 Å². The fraction of sp³-hybridized carbons (Fsp3) is 0.455. The maximum absolute atomic E-state index is 12.0. The van der Waals surface area contributed by atoms with Crippen LogP contribution in [0.25, 0.3) is 0 Å². The van der Waals surface area contributed by atoms with Crippen LogP contribution in [0.15, 0.2) is 29.2 Å². The Morgan fingerprint density at radius 3 is 2.35 bits per heavy atom. The van der Waals surface area contributed by atoms with Crippen molar-refractivity contribution in [2.45, 2.75) is 11.8 Å². The Morgan fingerprint density at radius 2 is 1.88 bits per heavy atom. The van der Waals surface area contributed by atoms with E-state index in [1.807, 2.05) is 6.92 Å². The molecule has 0 saturated carbocycles. The summed E-state index contributed by atoms with van der Waals surface area (Å²) in [5.74, 6) is 0.660. The highest BCUT2D eigenvalue weighted by Crippen LogP contribution is 2.18. The predicted molar refractivity (Wildman–Crippen MR) is 66.5 cm³/mol. The van der Waals surface area contributed by atoms with E-state index in [1.165, 1.54) is 23.5 Å². The molecule has 0 saturated heterocycles. The van der Waals surface area contributed by atoms with Crippen molar-refractivity contribution >= 4 is 10.0 Å². The molecule has 0 spiro atoms. The first-order valence-corrected chi connectivity index (χ1v) is 6.85. The Hall–Kier alpha value is -1.11. The minimum absolute atomic E-state index is 0.247. The molecule has 0 radical (unpaired) electrons. The molecule has 17 heavy (non-hydrogen) atoms. The molecule has 1 aromatic rings. The first-order valence-electron chi connectivity index (χ1n) is 5.41. The van der Waals surface area contributed by atoms with Crippen LogP contribution >= 0.6 is 0 Å². The van der Waals surface area contributed by atoms with E-state index in [2.05, 4.69) is 0 Å². The summed E-state index contributed by atoms with van der Waals surface area (Å²) in [6.45, 7) is 3.03. The Labute approximate surface area is 102 Å². The molecule has 6 heteroatoms. The molecule has 1 aromatic carbocycles. The average molecular weight is 258 g/mol. The van der Waals surface area contributed by atoms with Gasteiger partial charge in [0.15, 0.2) is 0 Å². The second kappa shape index (κ2) is 6.00. The maximum atomic E-state index is 12.0. The van der Waals surface area contributed by atoms with E-state index in [0.717, 1.165) is 0 Å². The number of hydrogen-bond acceptors (Lipinski definition) is 4. The van der Waals surface area contributed by atoms with Gasteiger partial charge in [0.05, 0.1) is 11.5 Å². The first kappa shape index (κ1) is 14.0. The molecular weight excluding hydrogens is 240 g/mol. The molecule has 0 heterocycles. The SMILES string of the molecule is CCOc1ccc(S(=O)(=O)N(C)CCN)cc1. The molecular formula is C11H18N2O3S. The van der Waals surface area contributed by atoms with Gasteiger partial charge < -0.3 is 10.5 Å². The van der Waals surface area contributed by atoms with Crippen LogP contribution in [0, 0.1) is 0 Å². The molecule has 0 amide bonds. The highest BCUT2D eigenvalue weighted by atomic mass is 32.2. The lowest BCUT2D eigenvalue weighted by Gasteiger charge is -2.16. The van der Waals surface area contributed by atoms with Gasteiger partial charge in [-0.05, 0) is 31.2 Å². The zero-order valence-corrected chi connectivity index (χ0v) is 10.9. The van der Waals surface area contributed by atoms with E-state index in [4.69, 9.17) is 10.5 Å². The summed E-state index contributed by atoms with van der Waals surface area (Å²) in [5.41, 5.74) is 5.34. The summed E-state index contributed by atoms with van der Waals surface area (Å²) in [6.07, 6.45) is 0. The van der Waals surface area contributed by atoms with Crippen LogP contribution in [0.5, 0.6) is 5.75 Å². The smallest absolute Gasteiger partial charge is 0.242 e. The van der Waals surface area contributed by atoms with E-state index in [9.17, 15) is 8.42 Å². The normalized spacial score (nSPS) is 11.8. The first-order chi connectivity index (χ1) is 8.02. The van der Waals surface area contributed by atoms with Crippen LogP contribution < -0.4 is 10.5 Å². The Balaban J connectivity index is 2.92. The van der Waals surface area contributed by atoms with E-state index >= 15 is 0 Å². The van der Waals surface area contributed by atoms with Gasteiger partial charge >= 0.3 is 0 Å². The third kappa shape index (κ3) is 3.42. The van der Waals surface area contributed by atoms with Crippen LogP contribution in [0.4, 0.5) is 0 Å². The lowest BCUT2D eigenvalue weighted by molar-refractivity contribution is 0.340. The lowest BCUT2D eigenvalue weighted by Crippen LogP contribution is -2.31. The van der Waals surface area contributed by atoms with Crippen LogP contribution in [0.3, 0.4) is 0 Å². The van der Waals surface area contributed by atoms with Gasteiger partial charge in [0, 0.05) is 20.1 Å². The van der Waals surface area contributed by atoms with Crippen molar-refractivity contribution < 1.29 is 13.2 Å². The van der Waals surface area contributed by atoms with Crippen molar-refractivity contribution in [3.63, 3.8) is 0 Å². The fourth-order valence-corrected chi connectivity index (χ4v) is 2.54. The molecule has 0 unspecified atom stereocenters. The molecule has 0 aliphatic heterocycles. The van der Waals surface area contributed by atoms with E-state index in [-0.39, 0.29) is 4.90 Å². The zero-order chi connectivity index (χ0) is 12.9. The van der Waals surface area contributed by atoms with Gasteiger partial charge in [-0.2, -0.15) is 4.31 Å². The largest absolute Gasteiger partial charge is 0.494 e. The van der Waals surface area contributed by atoms with E-state index < -0.39 is 10.0 Å². The monoisotopic (exact) mass is 258 g/mol. The highest BCUT2D eigenvalue weighted by molar-refractivity contribution is 7.89. The molecule has 0 bridgehead atoms. The third-order valence-corrected chi connectivity index (χ3v) is 4.16. The fourth-order valence-electron chi connectivity index (χ4n) is 1.36. The number of hydrogen-bond donors (Lipinski definition) is 1. The van der Waals surface area contributed by atoms with Crippen LogP contribution in [-0.4, -0.2) is 39.5 Å². The molecule has 5 nitrogen and oxygen atoms in total. The van der Waals surface area contributed by atoms with Crippen molar-refractivity contribution in [3.8, 4) is 5.75 Å². The Morgan fingerprint density at radius 1 is 1.29 bits per heavy atom. The summed E-state index contributed by atoms with van der Waals surface area (Å²) < 4.78 is 30.5. The molecule has 0 aromatic heterocycles. The minimum atomic E-state index is -3.44. The lowest BCUT2D eigenvalue weighted by atomic mass is 10.3. The number of ether oxygens (including phenoxy) is 1. The number of benzene rings is 1. The van der Waals surface area contributed by atoms with Gasteiger partial charge in [0.1, 0.15) is 5.75 Å². The number of sulfonamides is 1. The number of nitrogens with zero attached hydrogens (tertiary/aromatic N) is 1. The van der Waals surface area contributed by atoms with Crippen molar-refractivity contribution in [2.24, 2.45) is 5.73 Å². The van der Waals surface area contributed by atoms with Gasteiger partial charge in [0.25, 0.3) is 0 Å². The standard InChI is InChI=1S/C11H18N2O3S/c1-3-16-10-4-6-11(7-5-10)17(14,15)13(2)9-8-12/h4-7H,3,8-9,12H2,1-2H3. The number of nitrogens with two attached hydrogens (primary N) is 1. The molecule has 0 fully saturated rings. The van der Waals surface area contributed by atoms with Crippen LogP contribution in [0.1, 0.15) is 6.92 Å². The van der Waals surface area contributed by atoms with Crippen molar-refractivity contribution in [1.29, 1.82) is 0 Å². The second-order valence-corrected chi connectivity index (χ2v) is 5.56. The minimum Gasteiger partial charge on any atom is -0.494 e. The third-order valence-electron chi connectivity index (χ3n) is 2.29. The maximum Gasteiger partial charge on any atom is 0.242 e. The highest BCUT2D eigenvalue weighted by Gasteiger charge is 2.19. The average Bonchev–Trinajstić information content (AvgIpc) is 2.30. The van der Waals surface area contributed by atoms with Gasteiger partial charge in [-0.25, -0.2) is 8.42 Å². The summed E-state index contributed by atoms with van der Waals surface area (Å²) in [4.78, 5) is 0.247. The summed E-state index contributed by atoms with van der Waals surface area (Å²) in [7, 11) is -1.92. The molecule has 1 rings (SSSR count). The van der Waals surface area contributed by atoms with Gasteiger partial charge in [0.2, 0.25) is 10.0 Å². The molecule has 0 atom stereocenters. The van der Waals surface area contributed by atoms with E-state index in [1.54, 1.807) is 12.1 Å². The Bertz CT molecular complexity index is 442. The molecule has 96 valence electrons. The second-order valence-electron chi connectivity index (χ2n) is 3.52. The number of likely N-dealkylation sites (N-methyl/N-ethyl adjacent to an activating group) is 1. The number of rotatable bonds is 6. The van der Waals surface area contributed by atoms with Crippen molar-refractivity contribution in [3.05, 3.63) is 24.3 Å².